The van der Waals surface area contributed by atoms with Gasteiger partial charge in [-0.25, -0.2) is 14.2 Å². The molecule has 0 unspecified atom stereocenters. The van der Waals surface area contributed by atoms with E-state index in [1.165, 1.54) is 33.3 Å². The van der Waals surface area contributed by atoms with Crippen molar-refractivity contribution in [3.8, 4) is 11.6 Å². The van der Waals surface area contributed by atoms with Gasteiger partial charge in [0.25, 0.3) is 17.4 Å². The molecule has 2 aromatic carbocycles. The number of nitrogens with one attached hydrogen (secondary N) is 1. The number of carbonyl (C=O) groups excluding carboxylic acids is 2. The van der Waals surface area contributed by atoms with Gasteiger partial charge in [-0.2, -0.15) is 18.3 Å². The van der Waals surface area contributed by atoms with E-state index in [9.17, 15) is 27.6 Å². The van der Waals surface area contributed by atoms with Crippen molar-refractivity contribution < 1.29 is 24.1 Å². The predicted molar refractivity (Wildman–Crippen MR) is 152 cm³/mol. The highest BCUT2D eigenvalue weighted by Crippen LogP contribution is 2.36. The molecule has 0 bridgehead atoms. The molecule has 0 saturated carbocycles. The number of aryl methyl sites for hydroxylation is 1. The van der Waals surface area contributed by atoms with Crippen molar-refractivity contribution in [3.05, 3.63) is 103 Å². The van der Waals surface area contributed by atoms with E-state index >= 15 is 0 Å². The molecule has 1 aliphatic rings. The zero-order valence-electron chi connectivity index (χ0n) is 24.0. The molecule has 1 aliphatic heterocycles. The second kappa shape index (κ2) is 10.9. The van der Waals surface area contributed by atoms with Crippen LogP contribution in [0, 0.1) is 13.8 Å². The van der Waals surface area contributed by atoms with Crippen LogP contribution in [0.15, 0.2) is 57.8 Å². The second-order valence-corrected chi connectivity index (χ2v) is 10.8. The number of carbonyl (C=O) groups is 2. The third kappa shape index (κ3) is 5.24. The number of fused-ring (bicyclic) bond motifs is 1. The van der Waals surface area contributed by atoms with Crippen molar-refractivity contribution in [2.75, 3.05) is 7.05 Å². The van der Waals surface area contributed by atoms with Gasteiger partial charge in [0.05, 0.1) is 30.6 Å². The van der Waals surface area contributed by atoms with Crippen LogP contribution in [0.2, 0.25) is 0 Å². The monoisotopic (exact) mass is 643 g/mol. The molecule has 1 atom stereocenters. The molecule has 0 fully saturated rings. The molecule has 9 nitrogen and oxygen atoms in total. The Hall–Kier alpha value is -4.26. The number of hydrogen-bond donors (Lipinski definition) is 1. The van der Waals surface area contributed by atoms with Gasteiger partial charge in [0.15, 0.2) is 0 Å². The lowest BCUT2D eigenvalue weighted by Crippen LogP contribution is -2.46. The summed E-state index contributed by atoms with van der Waals surface area (Å²) in [6.45, 7) is 4.91. The fraction of sp³-hybridized carbons (Fsp3) is 0.276. The van der Waals surface area contributed by atoms with E-state index < -0.39 is 29.2 Å². The molecule has 42 heavy (non-hydrogen) atoms. The first-order valence-electron chi connectivity index (χ1n) is 13.4. The number of hydrogen-bond acceptors (Lipinski definition) is 5. The highest BCUT2D eigenvalue weighted by atomic mass is 79.9. The van der Waals surface area contributed by atoms with E-state index in [0.717, 1.165) is 6.07 Å². The van der Waals surface area contributed by atoms with E-state index in [-0.39, 0.29) is 46.6 Å². The lowest BCUT2D eigenvalue weighted by molar-refractivity contribution is -0.138. The van der Waals surface area contributed by atoms with Gasteiger partial charge in [0.2, 0.25) is 5.95 Å². The van der Waals surface area contributed by atoms with Crippen molar-refractivity contribution in [1.29, 1.82) is 0 Å². The first-order valence-corrected chi connectivity index (χ1v) is 13.7. The zero-order valence-corrected chi connectivity index (χ0v) is 24.6. The minimum atomic E-state index is -4.66. The Morgan fingerprint density at radius 3 is 2.38 bits per heavy atom. The van der Waals surface area contributed by atoms with Crippen LogP contribution in [0.3, 0.4) is 0 Å². The molecule has 0 saturated heterocycles. The highest BCUT2D eigenvalue weighted by Gasteiger charge is 2.36. The number of benzene rings is 2. The average molecular weight is 644 g/mol. The average Bonchev–Trinajstić information content (AvgIpc) is 3.23. The Bertz CT molecular complexity index is 1840. The summed E-state index contributed by atoms with van der Waals surface area (Å²) in [5.41, 5.74) is 0.705. The molecule has 0 radical (unpaired) electrons. The Morgan fingerprint density at radius 2 is 1.79 bits per heavy atom. The topological polar surface area (TPSA) is 102 Å². The third-order valence-corrected chi connectivity index (χ3v) is 7.80. The minimum absolute atomic E-state index is 0.0699. The number of halogens is 4. The van der Waals surface area contributed by atoms with Crippen LogP contribution < -0.4 is 10.9 Å². The van der Waals surface area contributed by atoms with Gasteiger partial charge in [-0.15, -0.1) is 0 Å². The fourth-order valence-electron chi connectivity index (χ4n) is 5.00. The summed E-state index contributed by atoms with van der Waals surface area (Å²) in [6.07, 6.45) is -4.56. The summed E-state index contributed by atoms with van der Waals surface area (Å²) in [7, 11) is 1.51. The van der Waals surface area contributed by atoms with Crippen LogP contribution in [-0.4, -0.2) is 49.1 Å². The SMILES string of the molecule is [2H]c1c(C)nn(-c2nc3c(c(=O)n2-c2ccc(C(=O)NC)cc2)C[C@@H](C)N(C(=O)c2ccc(Br)c(C(F)(F)F)c2)C3)c1C. The van der Waals surface area contributed by atoms with Crippen LogP contribution in [0.4, 0.5) is 13.2 Å². The highest BCUT2D eigenvalue weighted by molar-refractivity contribution is 9.10. The number of alkyl halides is 3. The summed E-state index contributed by atoms with van der Waals surface area (Å²) < 4.78 is 51.5. The molecule has 218 valence electrons. The number of aromatic nitrogens is 4. The summed E-state index contributed by atoms with van der Waals surface area (Å²) in [5.74, 6) is -0.861. The van der Waals surface area contributed by atoms with Gasteiger partial charge in [-0.1, -0.05) is 15.9 Å². The summed E-state index contributed by atoms with van der Waals surface area (Å²) in [6, 6.07) is 9.27. The van der Waals surface area contributed by atoms with E-state index in [0.29, 0.717) is 28.2 Å². The van der Waals surface area contributed by atoms with Crippen molar-refractivity contribution in [1.82, 2.24) is 29.5 Å². The lowest BCUT2D eigenvalue weighted by Gasteiger charge is -2.34. The van der Waals surface area contributed by atoms with Crippen molar-refractivity contribution in [2.45, 2.75) is 46.0 Å². The van der Waals surface area contributed by atoms with Crippen molar-refractivity contribution >= 4 is 27.7 Å². The maximum Gasteiger partial charge on any atom is 0.417 e. The Morgan fingerprint density at radius 1 is 1.12 bits per heavy atom. The summed E-state index contributed by atoms with van der Waals surface area (Å²) >= 11 is 2.90. The van der Waals surface area contributed by atoms with Crippen LogP contribution in [0.1, 0.15) is 57.2 Å². The van der Waals surface area contributed by atoms with E-state index in [4.69, 9.17) is 6.35 Å². The van der Waals surface area contributed by atoms with Crippen LogP contribution in [0.5, 0.6) is 0 Å². The molecule has 5 rings (SSSR count). The molecule has 0 aliphatic carbocycles. The third-order valence-electron chi connectivity index (χ3n) is 7.11. The van der Waals surface area contributed by atoms with Crippen molar-refractivity contribution in [3.63, 3.8) is 0 Å². The second-order valence-electron chi connectivity index (χ2n) is 9.99. The van der Waals surface area contributed by atoms with E-state index in [2.05, 4.69) is 26.3 Å². The van der Waals surface area contributed by atoms with E-state index in [1.54, 1.807) is 45.0 Å². The number of amides is 2. The smallest absolute Gasteiger partial charge is 0.355 e. The zero-order chi connectivity index (χ0) is 31.4. The summed E-state index contributed by atoms with van der Waals surface area (Å²) in [5, 5.41) is 6.97. The van der Waals surface area contributed by atoms with Gasteiger partial charge >= 0.3 is 6.18 Å². The predicted octanol–water partition coefficient (Wildman–Crippen LogP) is 4.76. The first kappa shape index (κ1) is 27.9. The molecule has 1 N–H and O–H groups in total. The minimum Gasteiger partial charge on any atom is -0.355 e. The van der Waals surface area contributed by atoms with Gasteiger partial charge in [0.1, 0.15) is 0 Å². The fourth-order valence-corrected chi connectivity index (χ4v) is 5.47. The molecule has 3 heterocycles. The normalized spacial score (nSPS) is 15.3. The number of nitrogens with zero attached hydrogens (tertiary/aromatic N) is 5. The lowest BCUT2D eigenvalue weighted by atomic mass is 9.98. The largest absolute Gasteiger partial charge is 0.417 e. The maximum atomic E-state index is 14.1. The number of rotatable bonds is 4. The summed E-state index contributed by atoms with van der Waals surface area (Å²) in [4.78, 5) is 45.8. The molecule has 0 spiro atoms. The van der Waals surface area contributed by atoms with Gasteiger partial charge < -0.3 is 10.2 Å². The molecule has 4 aromatic rings. The molecular weight excluding hydrogens is 617 g/mol. The van der Waals surface area contributed by atoms with Crippen LogP contribution in [0.25, 0.3) is 11.6 Å². The van der Waals surface area contributed by atoms with E-state index in [1.807, 2.05) is 0 Å². The maximum absolute atomic E-state index is 14.1. The Balaban J connectivity index is 1.64. The van der Waals surface area contributed by atoms with Crippen molar-refractivity contribution in [2.24, 2.45) is 0 Å². The van der Waals surface area contributed by atoms with Crippen LogP contribution in [-0.2, 0) is 19.1 Å². The van der Waals surface area contributed by atoms with Gasteiger partial charge in [0, 0.05) is 39.9 Å². The molecule has 13 heteroatoms. The molecule has 2 aromatic heterocycles. The first-order chi connectivity index (χ1) is 20.2. The quantitative estimate of drug-likeness (QED) is 0.345. The van der Waals surface area contributed by atoms with Gasteiger partial charge in [-0.05, 0) is 75.7 Å². The molecular formula is C29H26BrF3N6O3. The Labute approximate surface area is 248 Å². The Kier molecular flexibility index (Phi) is 7.21. The molecule has 2 amide bonds. The standard InChI is InChI=1S/C29H26BrF3N6O3/c1-15-11-17(3)39(36-15)28-35-24-14-37(26(41)19-7-10-23(30)22(13-19)29(31,32)33)16(2)12-21(24)27(42)38(28)20-8-5-18(6-9-20)25(40)34-4/h5-11,13,16H,12,14H2,1-4H3,(H,34,40)/t16-/m1/s1/i11D. The van der Waals surface area contributed by atoms with Gasteiger partial charge in [-0.3, -0.25) is 14.4 Å². The van der Waals surface area contributed by atoms with Crippen LogP contribution >= 0.6 is 15.9 Å².